The minimum atomic E-state index is -2.55. The lowest BCUT2D eigenvalue weighted by molar-refractivity contribution is 0.280. The Kier molecular flexibility index (Phi) is 3.61. The molecule has 0 aromatic heterocycles. The number of benzene rings is 3. The Labute approximate surface area is 125 Å². The van der Waals surface area contributed by atoms with Crippen LogP contribution in [0.15, 0.2) is 24.3 Å². The molecule has 9 heteroatoms. The highest BCUT2D eigenvalue weighted by molar-refractivity contribution is 6.34. The molecule has 118 valence electrons. The van der Waals surface area contributed by atoms with Crippen LogP contribution in [0.25, 0.3) is 21.5 Å². The first-order chi connectivity index (χ1) is 10.8. The van der Waals surface area contributed by atoms with Gasteiger partial charge in [-0.25, -0.2) is 17.6 Å². The van der Waals surface area contributed by atoms with Gasteiger partial charge in [-0.2, -0.15) is 4.39 Å². The molecule has 2 N–H and O–H groups in total. The summed E-state index contributed by atoms with van der Waals surface area (Å²) >= 11 is 0. The van der Waals surface area contributed by atoms with Crippen molar-refractivity contribution >= 4 is 28.9 Å². The molecule has 0 bridgehead atoms. The third-order valence-corrected chi connectivity index (χ3v) is 3.33. The monoisotopic (exact) mass is 328 g/mol. The molecule has 0 aliphatic rings. The molecule has 0 unspecified atom stereocenters. The van der Waals surface area contributed by atoms with Crippen LogP contribution in [0, 0.1) is 29.1 Å². The molecule has 0 saturated heterocycles. The van der Waals surface area contributed by atoms with E-state index in [1.807, 2.05) is 0 Å². The van der Waals surface area contributed by atoms with Crippen LogP contribution in [-0.2, 0) is 0 Å². The topological polar surface area (TPSA) is 49.7 Å². The standard InChI is InChI=1S/C14H6BF5O3/c16-7-3-1-2-5-4-6-9(10(17)8(5)7)11(18)12(19)13(20)14(6)23-15(21)22/h1-4,21-22H. The predicted molar refractivity (Wildman–Crippen MR) is 72.1 cm³/mol. The van der Waals surface area contributed by atoms with Gasteiger partial charge in [0.25, 0.3) is 0 Å². The summed E-state index contributed by atoms with van der Waals surface area (Å²) in [6.45, 7) is 0. The summed E-state index contributed by atoms with van der Waals surface area (Å²) in [7, 11) is -2.55. The molecule has 0 spiro atoms. The Bertz CT molecular complexity index is 945. The maximum atomic E-state index is 14.5. The maximum Gasteiger partial charge on any atom is 0.707 e. The molecule has 23 heavy (non-hydrogen) atoms. The molecular formula is C14H6BF5O3. The largest absolute Gasteiger partial charge is 0.707 e. The van der Waals surface area contributed by atoms with Gasteiger partial charge in [0.2, 0.25) is 5.82 Å². The molecule has 0 heterocycles. The van der Waals surface area contributed by atoms with Gasteiger partial charge in [0, 0.05) is 5.39 Å². The predicted octanol–water partition coefficient (Wildman–Crippen LogP) is 3.04. The van der Waals surface area contributed by atoms with Gasteiger partial charge in [0.15, 0.2) is 17.4 Å². The first-order valence-corrected chi connectivity index (χ1v) is 6.22. The van der Waals surface area contributed by atoms with E-state index in [0.29, 0.717) is 0 Å². The van der Waals surface area contributed by atoms with Gasteiger partial charge in [0.1, 0.15) is 11.6 Å². The van der Waals surface area contributed by atoms with Crippen molar-refractivity contribution in [3.05, 3.63) is 53.4 Å². The average Bonchev–Trinajstić information content (AvgIpc) is 2.49. The first kappa shape index (κ1) is 15.5. The third-order valence-electron chi connectivity index (χ3n) is 3.33. The van der Waals surface area contributed by atoms with E-state index >= 15 is 0 Å². The molecule has 3 aromatic carbocycles. The smallest absolute Gasteiger partial charge is 0.509 e. The van der Waals surface area contributed by atoms with Gasteiger partial charge in [-0.15, -0.1) is 0 Å². The van der Waals surface area contributed by atoms with Crippen molar-refractivity contribution in [1.29, 1.82) is 0 Å². The second-order valence-corrected chi connectivity index (χ2v) is 4.67. The van der Waals surface area contributed by atoms with E-state index in [1.54, 1.807) is 0 Å². The number of fused-ring (bicyclic) bond motifs is 2. The van der Waals surface area contributed by atoms with Crippen molar-refractivity contribution in [1.82, 2.24) is 0 Å². The highest BCUT2D eigenvalue weighted by Gasteiger charge is 2.28. The highest BCUT2D eigenvalue weighted by atomic mass is 19.2. The van der Waals surface area contributed by atoms with Gasteiger partial charge < -0.3 is 14.7 Å². The Morgan fingerprint density at radius 1 is 0.826 bits per heavy atom. The zero-order chi connectivity index (χ0) is 16.9. The van der Waals surface area contributed by atoms with E-state index in [-0.39, 0.29) is 5.39 Å². The lowest BCUT2D eigenvalue weighted by Crippen LogP contribution is -2.22. The molecule has 0 amide bonds. The quantitative estimate of drug-likeness (QED) is 0.329. The molecule has 0 aliphatic heterocycles. The fourth-order valence-corrected chi connectivity index (χ4v) is 2.40. The summed E-state index contributed by atoms with van der Waals surface area (Å²) in [5.74, 6) is -9.39. The molecule has 3 rings (SSSR count). The summed E-state index contributed by atoms with van der Waals surface area (Å²) in [5, 5.41) is 15.2. The van der Waals surface area contributed by atoms with Crippen LogP contribution in [-0.4, -0.2) is 17.4 Å². The molecule has 0 saturated carbocycles. The van der Waals surface area contributed by atoms with E-state index in [1.165, 1.54) is 12.1 Å². The number of rotatable bonds is 2. The minimum Gasteiger partial charge on any atom is -0.509 e. The Morgan fingerprint density at radius 3 is 2.17 bits per heavy atom. The summed E-state index contributed by atoms with van der Waals surface area (Å²) < 4.78 is 73.9. The van der Waals surface area contributed by atoms with Gasteiger partial charge in [-0.3, -0.25) is 0 Å². The molecule has 0 atom stereocenters. The summed E-state index contributed by atoms with van der Waals surface area (Å²) in [6.07, 6.45) is 0. The van der Waals surface area contributed by atoms with Crippen LogP contribution in [0.1, 0.15) is 0 Å². The zero-order valence-corrected chi connectivity index (χ0v) is 11.1. The Morgan fingerprint density at radius 2 is 1.52 bits per heavy atom. The van der Waals surface area contributed by atoms with Crippen molar-refractivity contribution in [3.63, 3.8) is 0 Å². The number of hydrogen-bond acceptors (Lipinski definition) is 3. The molecule has 0 aliphatic carbocycles. The average molecular weight is 328 g/mol. The van der Waals surface area contributed by atoms with Crippen LogP contribution in [0.3, 0.4) is 0 Å². The minimum absolute atomic E-state index is 0.0716. The normalized spacial score (nSPS) is 11.3. The molecular weight excluding hydrogens is 322 g/mol. The highest BCUT2D eigenvalue weighted by Crippen LogP contribution is 2.39. The second kappa shape index (κ2) is 5.36. The number of halogens is 5. The van der Waals surface area contributed by atoms with Crippen LogP contribution in [0.5, 0.6) is 5.75 Å². The van der Waals surface area contributed by atoms with Crippen molar-refractivity contribution in [3.8, 4) is 5.75 Å². The third kappa shape index (κ3) is 2.28. The molecule has 0 radical (unpaired) electrons. The molecule has 0 fully saturated rings. The van der Waals surface area contributed by atoms with Gasteiger partial charge in [0.05, 0.1) is 10.8 Å². The SMILES string of the molecule is OB(O)Oc1c(F)c(F)c(F)c2c(F)c3c(F)cccc3cc12. The lowest BCUT2D eigenvalue weighted by atomic mass is 10.00. The van der Waals surface area contributed by atoms with E-state index in [2.05, 4.69) is 4.65 Å². The van der Waals surface area contributed by atoms with E-state index in [0.717, 1.165) is 12.1 Å². The zero-order valence-electron chi connectivity index (χ0n) is 11.1. The summed E-state index contributed by atoms with van der Waals surface area (Å²) in [4.78, 5) is 0. The van der Waals surface area contributed by atoms with Crippen LogP contribution in [0.2, 0.25) is 0 Å². The van der Waals surface area contributed by atoms with Crippen LogP contribution < -0.4 is 4.65 Å². The Hall–Kier alpha value is -2.39. The van der Waals surface area contributed by atoms with Gasteiger partial charge in [-0.1, -0.05) is 12.1 Å². The van der Waals surface area contributed by atoms with Crippen molar-refractivity contribution in [2.75, 3.05) is 0 Å². The molecule has 3 nitrogen and oxygen atoms in total. The van der Waals surface area contributed by atoms with E-state index in [4.69, 9.17) is 10.0 Å². The van der Waals surface area contributed by atoms with Crippen molar-refractivity contribution in [2.24, 2.45) is 0 Å². The van der Waals surface area contributed by atoms with Crippen LogP contribution in [0.4, 0.5) is 22.0 Å². The first-order valence-electron chi connectivity index (χ1n) is 6.22. The number of hydrogen-bond donors (Lipinski definition) is 2. The van der Waals surface area contributed by atoms with Crippen molar-refractivity contribution < 1.29 is 36.7 Å². The van der Waals surface area contributed by atoms with Gasteiger partial charge >= 0.3 is 7.32 Å². The molecule has 3 aromatic rings. The fraction of sp³-hybridized carbons (Fsp3) is 0. The second-order valence-electron chi connectivity index (χ2n) is 4.67. The Balaban J connectivity index is 2.56. The van der Waals surface area contributed by atoms with E-state index < -0.39 is 58.3 Å². The van der Waals surface area contributed by atoms with Crippen LogP contribution >= 0.6 is 0 Å². The van der Waals surface area contributed by atoms with Gasteiger partial charge in [-0.05, 0) is 17.5 Å². The van der Waals surface area contributed by atoms with E-state index in [9.17, 15) is 22.0 Å². The van der Waals surface area contributed by atoms with Crippen molar-refractivity contribution in [2.45, 2.75) is 0 Å². The fourth-order valence-electron chi connectivity index (χ4n) is 2.40. The summed E-state index contributed by atoms with van der Waals surface area (Å²) in [6, 6.07) is 4.38. The summed E-state index contributed by atoms with van der Waals surface area (Å²) in [5.41, 5.74) is 0. The maximum absolute atomic E-state index is 14.5. The lowest BCUT2D eigenvalue weighted by Gasteiger charge is -2.14.